The molecule has 32 heavy (non-hydrogen) atoms. The van der Waals surface area contributed by atoms with Crippen molar-refractivity contribution in [2.24, 2.45) is 5.92 Å². The van der Waals surface area contributed by atoms with E-state index in [0.717, 1.165) is 47.9 Å². The summed E-state index contributed by atoms with van der Waals surface area (Å²) in [6.45, 7) is 4.61. The van der Waals surface area contributed by atoms with Crippen molar-refractivity contribution >= 4 is 11.8 Å². The molecule has 1 fully saturated rings. The van der Waals surface area contributed by atoms with Crippen molar-refractivity contribution in [2.75, 3.05) is 0 Å². The molecule has 1 aromatic carbocycles. The SMILES string of the molecule is CC(C)N1Cc2cc(-c3ccc(CC(C#N)NC(=O)C4CCCCC4)cc3)cnc2C1=O. The van der Waals surface area contributed by atoms with Crippen LogP contribution in [0.15, 0.2) is 36.5 Å². The summed E-state index contributed by atoms with van der Waals surface area (Å²) >= 11 is 0. The molecule has 1 aromatic heterocycles. The zero-order chi connectivity index (χ0) is 22.7. The lowest BCUT2D eigenvalue weighted by atomic mass is 9.88. The smallest absolute Gasteiger partial charge is 0.273 e. The van der Waals surface area contributed by atoms with Crippen LogP contribution in [0.5, 0.6) is 0 Å². The second kappa shape index (κ2) is 9.52. The highest BCUT2D eigenvalue weighted by Gasteiger charge is 2.30. The van der Waals surface area contributed by atoms with Crippen LogP contribution in [-0.2, 0) is 17.8 Å². The average molecular weight is 431 g/mol. The van der Waals surface area contributed by atoms with Gasteiger partial charge in [0.2, 0.25) is 5.91 Å². The van der Waals surface area contributed by atoms with Crippen molar-refractivity contribution < 1.29 is 9.59 Å². The minimum absolute atomic E-state index is 0.00489. The fourth-order valence-electron chi connectivity index (χ4n) is 4.64. The molecule has 6 nitrogen and oxygen atoms in total. The van der Waals surface area contributed by atoms with Gasteiger partial charge in [-0.1, -0.05) is 43.5 Å². The predicted octanol–water partition coefficient (Wildman–Crippen LogP) is 4.24. The molecule has 6 heteroatoms. The molecule has 0 saturated heterocycles. The summed E-state index contributed by atoms with van der Waals surface area (Å²) in [6, 6.07) is 11.9. The number of pyridine rings is 1. The largest absolute Gasteiger partial charge is 0.340 e. The number of hydrogen-bond donors (Lipinski definition) is 1. The first-order valence-corrected chi connectivity index (χ1v) is 11.6. The number of hydrogen-bond acceptors (Lipinski definition) is 4. The average Bonchev–Trinajstić information content (AvgIpc) is 3.15. The molecule has 1 unspecified atom stereocenters. The summed E-state index contributed by atoms with van der Waals surface area (Å²) in [7, 11) is 0. The van der Waals surface area contributed by atoms with Crippen LogP contribution in [0.25, 0.3) is 11.1 Å². The number of nitrogens with one attached hydrogen (secondary N) is 1. The number of carbonyl (C=O) groups excluding carboxylic acids is 2. The number of nitriles is 1. The lowest BCUT2D eigenvalue weighted by Crippen LogP contribution is -2.40. The van der Waals surface area contributed by atoms with Crippen molar-refractivity contribution in [3.63, 3.8) is 0 Å². The van der Waals surface area contributed by atoms with Gasteiger partial charge in [-0.3, -0.25) is 14.6 Å². The Bertz CT molecular complexity index is 1030. The molecule has 1 atom stereocenters. The summed E-state index contributed by atoms with van der Waals surface area (Å²) in [5.41, 5.74) is 4.49. The summed E-state index contributed by atoms with van der Waals surface area (Å²) in [5, 5.41) is 12.5. The van der Waals surface area contributed by atoms with E-state index in [1.807, 2.05) is 49.1 Å². The first-order chi connectivity index (χ1) is 15.5. The van der Waals surface area contributed by atoms with Crippen LogP contribution in [0.1, 0.15) is 67.6 Å². The number of aromatic nitrogens is 1. The molecule has 0 radical (unpaired) electrons. The maximum atomic E-state index is 12.5. The lowest BCUT2D eigenvalue weighted by molar-refractivity contribution is -0.126. The first kappa shape index (κ1) is 22.0. The highest BCUT2D eigenvalue weighted by Crippen LogP contribution is 2.28. The number of fused-ring (bicyclic) bond motifs is 1. The monoisotopic (exact) mass is 430 g/mol. The molecular formula is C26H30N4O2. The van der Waals surface area contributed by atoms with Crippen LogP contribution >= 0.6 is 0 Å². The minimum atomic E-state index is -0.523. The summed E-state index contributed by atoms with van der Waals surface area (Å²) < 4.78 is 0. The van der Waals surface area contributed by atoms with Gasteiger partial charge in [0.1, 0.15) is 11.7 Å². The summed E-state index contributed by atoms with van der Waals surface area (Å²) in [4.78, 5) is 31.2. The number of amides is 2. The summed E-state index contributed by atoms with van der Waals surface area (Å²) in [6.07, 6.45) is 7.47. The normalized spacial score (nSPS) is 17.2. The molecule has 166 valence electrons. The highest BCUT2D eigenvalue weighted by molar-refractivity contribution is 5.97. The number of benzene rings is 1. The molecule has 4 rings (SSSR count). The van der Waals surface area contributed by atoms with Gasteiger partial charge in [-0.05, 0) is 43.9 Å². The van der Waals surface area contributed by atoms with Gasteiger partial charge in [-0.25, -0.2) is 0 Å². The van der Waals surface area contributed by atoms with E-state index in [2.05, 4.69) is 16.4 Å². The van der Waals surface area contributed by atoms with Crippen LogP contribution in [-0.4, -0.2) is 33.8 Å². The van der Waals surface area contributed by atoms with E-state index >= 15 is 0 Å². The maximum absolute atomic E-state index is 12.5. The number of carbonyl (C=O) groups is 2. The van der Waals surface area contributed by atoms with E-state index < -0.39 is 6.04 Å². The lowest BCUT2D eigenvalue weighted by Gasteiger charge is -2.22. The number of rotatable bonds is 6. The van der Waals surface area contributed by atoms with Gasteiger partial charge >= 0.3 is 0 Å². The van der Waals surface area contributed by atoms with Crippen molar-refractivity contribution in [1.82, 2.24) is 15.2 Å². The predicted molar refractivity (Wildman–Crippen MR) is 123 cm³/mol. The standard InChI is InChI=1S/C26H30N4O2/c1-17(2)30-16-22-13-21(15-28-24(22)26(30)32)19-10-8-18(9-11-19)12-23(14-27)29-25(31)20-6-4-3-5-7-20/h8-11,13,15,17,20,23H,3-7,12,16H2,1-2H3,(H,29,31). The minimum Gasteiger partial charge on any atom is -0.340 e. The maximum Gasteiger partial charge on any atom is 0.273 e. The van der Waals surface area contributed by atoms with Crippen LogP contribution in [0, 0.1) is 17.2 Å². The third kappa shape index (κ3) is 4.67. The topological polar surface area (TPSA) is 86.1 Å². The van der Waals surface area contributed by atoms with Gasteiger partial charge < -0.3 is 10.2 Å². The van der Waals surface area contributed by atoms with E-state index in [1.54, 1.807) is 6.20 Å². The zero-order valence-corrected chi connectivity index (χ0v) is 18.8. The van der Waals surface area contributed by atoms with E-state index in [1.165, 1.54) is 6.42 Å². The second-order valence-electron chi connectivity index (χ2n) is 9.18. The molecule has 1 aliphatic carbocycles. The Balaban J connectivity index is 1.41. The van der Waals surface area contributed by atoms with E-state index in [4.69, 9.17) is 0 Å². The van der Waals surface area contributed by atoms with Crippen molar-refractivity contribution in [3.05, 3.63) is 53.3 Å². The van der Waals surface area contributed by atoms with Crippen LogP contribution < -0.4 is 5.32 Å². The van der Waals surface area contributed by atoms with Gasteiger partial charge in [0.25, 0.3) is 5.91 Å². The fraction of sp³-hybridized carbons (Fsp3) is 0.462. The fourth-order valence-corrected chi connectivity index (χ4v) is 4.64. The molecule has 0 bridgehead atoms. The Kier molecular flexibility index (Phi) is 6.55. The van der Waals surface area contributed by atoms with E-state index in [-0.39, 0.29) is 23.8 Å². The summed E-state index contributed by atoms with van der Waals surface area (Å²) in [5.74, 6) is 0.0598. The molecule has 0 spiro atoms. The zero-order valence-electron chi connectivity index (χ0n) is 18.8. The molecule has 2 amide bonds. The first-order valence-electron chi connectivity index (χ1n) is 11.6. The van der Waals surface area contributed by atoms with Crippen LogP contribution in [0.3, 0.4) is 0 Å². The molecular weight excluding hydrogens is 400 g/mol. The van der Waals surface area contributed by atoms with Gasteiger partial charge in [0.05, 0.1) is 6.07 Å². The van der Waals surface area contributed by atoms with Crippen LogP contribution in [0.4, 0.5) is 0 Å². The molecule has 2 heterocycles. The number of nitrogens with zero attached hydrogens (tertiary/aromatic N) is 3. The quantitative estimate of drug-likeness (QED) is 0.742. The Morgan fingerprint density at radius 1 is 1.19 bits per heavy atom. The highest BCUT2D eigenvalue weighted by atomic mass is 16.2. The molecule has 1 N–H and O–H groups in total. The molecule has 1 aliphatic heterocycles. The third-order valence-corrected chi connectivity index (χ3v) is 6.57. The van der Waals surface area contributed by atoms with E-state index in [0.29, 0.717) is 18.7 Å². The Labute approximate surface area is 189 Å². The van der Waals surface area contributed by atoms with Crippen LogP contribution in [0.2, 0.25) is 0 Å². The van der Waals surface area contributed by atoms with Gasteiger partial charge in [0, 0.05) is 42.2 Å². The Morgan fingerprint density at radius 2 is 1.91 bits per heavy atom. The second-order valence-corrected chi connectivity index (χ2v) is 9.18. The van der Waals surface area contributed by atoms with Gasteiger partial charge in [0.15, 0.2) is 0 Å². The third-order valence-electron chi connectivity index (χ3n) is 6.57. The Hall–Kier alpha value is -3.20. The van der Waals surface area contributed by atoms with E-state index in [9.17, 15) is 14.9 Å². The van der Waals surface area contributed by atoms with Crippen molar-refractivity contribution in [2.45, 2.75) is 71.0 Å². The molecule has 1 saturated carbocycles. The van der Waals surface area contributed by atoms with Crippen molar-refractivity contribution in [1.29, 1.82) is 5.26 Å². The van der Waals surface area contributed by atoms with Gasteiger partial charge in [-0.15, -0.1) is 0 Å². The molecule has 2 aromatic rings. The van der Waals surface area contributed by atoms with Crippen molar-refractivity contribution in [3.8, 4) is 17.2 Å². The Morgan fingerprint density at radius 3 is 2.56 bits per heavy atom. The van der Waals surface area contributed by atoms with Gasteiger partial charge in [-0.2, -0.15) is 5.26 Å². The molecule has 2 aliphatic rings.